The Labute approximate surface area is 281 Å². The van der Waals surface area contributed by atoms with E-state index in [-0.39, 0.29) is 28.0 Å². The number of hydrogen-bond acceptors (Lipinski definition) is 8. The number of hydrogen-bond donors (Lipinski definition) is 0. The minimum Gasteiger partial charge on any atom is -0.405 e. The second-order valence-corrected chi connectivity index (χ2v) is 15.3. The zero-order valence-electron chi connectivity index (χ0n) is 28.7. The highest BCUT2D eigenvalue weighted by molar-refractivity contribution is 9.10. The van der Waals surface area contributed by atoms with Gasteiger partial charge in [0.05, 0.1) is 61.3 Å². The maximum atomic E-state index is 13.9. The highest BCUT2D eigenvalue weighted by Crippen LogP contribution is 2.43. The fourth-order valence-electron chi connectivity index (χ4n) is 4.32. The van der Waals surface area contributed by atoms with Crippen molar-refractivity contribution < 1.29 is 36.7 Å². The summed E-state index contributed by atoms with van der Waals surface area (Å²) in [7, 11) is -1.69. The molecule has 3 saturated heterocycles. The van der Waals surface area contributed by atoms with E-state index >= 15 is 0 Å². The fraction of sp³-hybridized carbons (Fsp3) is 0.562. The second-order valence-electron chi connectivity index (χ2n) is 14.4. The third-order valence-corrected chi connectivity index (χ3v) is 10.1. The normalized spacial score (nSPS) is 22.6. The van der Waals surface area contributed by atoms with E-state index in [1.165, 1.54) is 24.3 Å². The summed E-state index contributed by atoms with van der Waals surface area (Å²) >= 11 is 2.97. The van der Waals surface area contributed by atoms with Gasteiger partial charge in [-0.25, -0.2) is 8.78 Å². The average Bonchev–Trinajstić information content (AvgIpc) is 3.39. The number of halogens is 3. The predicted octanol–water partition coefficient (Wildman–Crippen LogP) is 6.71. The third kappa shape index (κ3) is 8.04. The van der Waals surface area contributed by atoms with Crippen LogP contribution in [0.2, 0.25) is 0 Å². The fourth-order valence-corrected chi connectivity index (χ4v) is 4.57. The Balaban J connectivity index is 0.000000196. The molecule has 3 fully saturated rings. The van der Waals surface area contributed by atoms with Crippen LogP contribution in [0.3, 0.4) is 0 Å². The number of rotatable bonds is 2. The molecule has 0 unspecified atom stereocenters. The minimum atomic E-state index is -0.734. The summed E-state index contributed by atoms with van der Waals surface area (Å²) in [4.78, 5) is 0. The molecule has 0 bridgehead atoms. The van der Waals surface area contributed by atoms with Crippen LogP contribution in [0, 0.1) is 34.3 Å². The van der Waals surface area contributed by atoms with Gasteiger partial charge in [0, 0.05) is 5.46 Å². The molecule has 3 heterocycles. The van der Waals surface area contributed by atoms with E-state index < -0.39 is 44.0 Å². The van der Waals surface area contributed by atoms with Crippen LogP contribution in [-0.4, -0.2) is 54.7 Å². The number of benzene rings is 2. The smallest absolute Gasteiger partial charge is 0.405 e. The quantitative estimate of drug-likeness (QED) is 0.319. The zero-order valence-corrected chi connectivity index (χ0v) is 30.3. The highest BCUT2D eigenvalue weighted by atomic mass is 79.9. The van der Waals surface area contributed by atoms with Crippen molar-refractivity contribution in [3.63, 3.8) is 0 Å². The van der Waals surface area contributed by atoms with Crippen LogP contribution in [0.4, 0.5) is 8.78 Å². The van der Waals surface area contributed by atoms with Gasteiger partial charge in [-0.3, -0.25) is 0 Å². The van der Waals surface area contributed by atoms with Crippen molar-refractivity contribution in [3.05, 3.63) is 63.6 Å². The van der Waals surface area contributed by atoms with Gasteiger partial charge in [-0.2, -0.15) is 10.5 Å². The molecule has 0 aliphatic carbocycles. The molecule has 46 heavy (non-hydrogen) atoms. The van der Waals surface area contributed by atoms with Crippen molar-refractivity contribution in [2.45, 2.75) is 117 Å². The van der Waals surface area contributed by atoms with Gasteiger partial charge in [0.15, 0.2) is 0 Å². The SMILES string of the molecule is CC1(C)OB(B2OC(C)(C)C(C)(C)O2)OC1(C)C.CC1(C)OB(c2ccc(C#N)cc2F)OC1(C)C.N#Cc1ccc(Br)c(F)c1. The van der Waals surface area contributed by atoms with Crippen molar-refractivity contribution in [2.75, 3.05) is 0 Å². The summed E-state index contributed by atoms with van der Waals surface area (Å²) in [5.74, 6) is -0.883. The third-order valence-electron chi connectivity index (χ3n) is 9.45. The van der Waals surface area contributed by atoms with E-state index in [0.29, 0.717) is 15.5 Å². The minimum absolute atomic E-state index is 0.285. The van der Waals surface area contributed by atoms with E-state index in [1.807, 2.05) is 95.2 Å². The van der Waals surface area contributed by atoms with Crippen LogP contribution in [0.15, 0.2) is 40.9 Å². The molecule has 2 aromatic carbocycles. The van der Waals surface area contributed by atoms with E-state index in [2.05, 4.69) is 15.9 Å². The summed E-state index contributed by atoms with van der Waals surface area (Å²) in [5.41, 5.74) is -1.50. The zero-order chi connectivity index (χ0) is 35.1. The molecule has 5 rings (SSSR count). The van der Waals surface area contributed by atoms with E-state index in [4.69, 9.17) is 38.4 Å². The molecule has 0 spiro atoms. The Morgan fingerprint density at radius 2 is 0.870 bits per heavy atom. The molecular weight excluding hydrogens is 659 g/mol. The molecule has 0 radical (unpaired) electrons. The summed E-state index contributed by atoms with van der Waals surface area (Å²) in [5, 5.41) is 17.0. The van der Waals surface area contributed by atoms with Crippen LogP contribution in [0.1, 0.15) is 94.2 Å². The van der Waals surface area contributed by atoms with E-state index in [9.17, 15) is 8.78 Å². The second kappa shape index (κ2) is 13.3. The monoisotopic (exact) mass is 700 g/mol. The first kappa shape index (κ1) is 38.2. The van der Waals surface area contributed by atoms with E-state index in [1.54, 1.807) is 12.1 Å². The van der Waals surface area contributed by atoms with Gasteiger partial charge in [0.25, 0.3) is 0 Å². The van der Waals surface area contributed by atoms with Crippen LogP contribution in [0.25, 0.3) is 0 Å². The Morgan fingerprint density at radius 3 is 1.20 bits per heavy atom. The number of nitrogens with zero attached hydrogens (tertiary/aromatic N) is 2. The first-order valence-corrected chi connectivity index (χ1v) is 15.8. The lowest BCUT2D eigenvalue weighted by Gasteiger charge is -2.32. The summed E-state index contributed by atoms with van der Waals surface area (Å²) < 4.78 is 62.2. The molecule has 8 nitrogen and oxygen atoms in total. The molecule has 3 aliphatic rings. The standard InChI is InChI=1S/C13H15BFNO2.C12H24B2O4.C7H3BrFN/c1-12(2)13(3,4)18-14(17-12)10-6-5-9(8-16)7-11(10)15;1-9(2)10(3,4)16-13(15-9)14-17-11(5,6)12(7,8)18-14;8-6-2-1-5(4-10)3-7(6)9/h5-7H,1-4H3;1-8H3;1-3H. The molecule has 0 aromatic heterocycles. The van der Waals surface area contributed by atoms with Gasteiger partial charge in [0.1, 0.15) is 11.6 Å². The molecule has 0 N–H and O–H groups in total. The summed E-state index contributed by atoms with van der Waals surface area (Å²) in [6.45, 7) is 23.9. The Kier molecular flexibility index (Phi) is 11.0. The molecule has 0 amide bonds. The van der Waals surface area contributed by atoms with E-state index in [0.717, 1.165) is 0 Å². The molecule has 14 heteroatoms. The summed E-state index contributed by atoms with van der Waals surface area (Å²) in [6, 6.07) is 12.3. The highest BCUT2D eigenvalue weighted by Gasteiger charge is 2.63. The van der Waals surface area contributed by atoms with Crippen LogP contribution in [0.5, 0.6) is 0 Å². The van der Waals surface area contributed by atoms with Gasteiger partial charge in [-0.05, 0) is 129 Å². The van der Waals surface area contributed by atoms with Crippen molar-refractivity contribution in [1.82, 2.24) is 0 Å². The molecule has 0 atom stereocenters. The predicted molar refractivity (Wildman–Crippen MR) is 178 cm³/mol. The lowest BCUT2D eigenvalue weighted by atomic mass is 9.49. The molecule has 0 saturated carbocycles. The van der Waals surface area contributed by atoms with Crippen LogP contribution < -0.4 is 5.46 Å². The van der Waals surface area contributed by atoms with Crippen LogP contribution in [-0.2, 0) is 27.9 Å². The molecule has 246 valence electrons. The Morgan fingerprint density at radius 1 is 0.543 bits per heavy atom. The van der Waals surface area contributed by atoms with Crippen molar-refractivity contribution in [2.24, 2.45) is 0 Å². The van der Waals surface area contributed by atoms with Gasteiger partial charge in [0.2, 0.25) is 0 Å². The summed E-state index contributed by atoms with van der Waals surface area (Å²) in [6.07, 6.45) is 0. The Bertz CT molecular complexity index is 1440. The average molecular weight is 701 g/mol. The maximum absolute atomic E-state index is 13.9. The first-order chi connectivity index (χ1) is 20.9. The van der Waals surface area contributed by atoms with Crippen molar-refractivity contribution >= 4 is 42.5 Å². The van der Waals surface area contributed by atoms with Gasteiger partial charge < -0.3 is 27.9 Å². The van der Waals surface area contributed by atoms with Crippen molar-refractivity contribution in [3.8, 4) is 12.1 Å². The first-order valence-electron chi connectivity index (χ1n) is 15.0. The van der Waals surface area contributed by atoms with Gasteiger partial charge in [-0.15, -0.1) is 0 Å². The van der Waals surface area contributed by atoms with Gasteiger partial charge in [-0.1, -0.05) is 6.07 Å². The van der Waals surface area contributed by atoms with Crippen LogP contribution >= 0.6 is 15.9 Å². The maximum Gasteiger partial charge on any atom is 0.497 e. The van der Waals surface area contributed by atoms with Crippen molar-refractivity contribution in [1.29, 1.82) is 10.5 Å². The van der Waals surface area contributed by atoms with Gasteiger partial charge >= 0.3 is 21.1 Å². The number of nitriles is 2. The Hall–Kier alpha value is -2.29. The lowest BCUT2D eigenvalue weighted by molar-refractivity contribution is 0.00578. The molecular formula is C32H42B3BrF2N2O6. The topological polar surface area (TPSA) is 103 Å². The lowest BCUT2D eigenvalue weighted by Crippen LogP contribution is -2.41. The molecule has 2 aromatic rings. The largest absolute Gasteiger partial charge is 0.497 e. The molecule has 3 aliphatic heterocycles.